The van der Waals surface area contributed by atoms with E-state index in [2.05, 4.69) is 0 Å². The van der Waals surface area contributed by atoms with Gasteiger partial charge in [0, 0.05) is 13.8 Å². The van der Waals surface area contributed by atoms with Crippen molar-refractivity contribution in [3.63, 3.8) is 0 Å². The SMILES string of the molecule is CC(=O)OCC(COC(C)=O)(c1ccccc1)c1ccccc1. The molecule has 4 heteroatoms. The van der Waals surface area contributed by atoms with Crippen LogP contribution in [0, 0.1) is 0 Å². The quantitative estimate of drug-likeness (QED) is 0.769. The topological polar surface area (TPSA) is 52.6 Å². The van der Waals surface area contributed by atoms with Crippen molar-refractivity contribution in [3.05, 3.63) is 71.8 Å². The van der Waals surface area contributed by atoms with E-state index in [1.165, 1.54) is 13.8 Å². The Morgan fingerprint density at radius 2 is 1.09 bits per heavy atom. The molecule has 23 heavy (non-hydrogen) atoms. The lowest BCUT2D eigenvalue weighted by atomic mass is 9.75. The Labute approximate surface area is 136 Å². The van der Waals surface area contributed by atoms with E-state index in [4.69, 9.17) is 9.47 Å². The Hall–Kier alpha value is -2.62. The number of hydrogen-bond acceptors (Lipinski definition) is 4. The highest BCUT2D eigenvalue weighted by Crippen LogP contribution is 2.33. The number of esters is 2. The van der Waals surface area contributed by atoms with Crippen LogP contribution in [0.25, 0.3) is 0 Å². The molecule has 2 rings (SSSR count). The summed E-state index contributed by atoms with van der Waals surface area (Å²) in [5.41, 5.74) is 1.11. The second kappa shape index (κ2) is 7.58. The predicted octanol–water partition coefficient (Wildman–Crippen LogP) is 3.10. The Morgan fingerprint density at radius 1 is 0.739 bits per heavy atom. The normalized spacial score (nSPS) is 10.9. The third-order valence-electron chi connectivity index (χ3n) is 3.70. The average Bonchev–Trinajstić information content (AvgIpc) is 2.56. The molecule has 0 aromatic heterocycles. The van der Waals surface area contributed by atoms with Gasteiger partial charge in [-0.1, -0.05) is 60.7 Å². The molecule has 2 aromatic carbocycles. The van der Waals surface area contributed by atoms with Gasteiger partial charge in [-0.15, -0.1) is 0 Å². The minimum absolute atomic E-state index is 0.101. The number of rotatable bonds is 6. The van der Waals surface area contributed by atoms with Gasteiger partial charge in [-0.25, -0.2) is 0 Å². The highest BCUT2D eigenvalue weighted by atomic mass is 16.5. The lowest BCUT2D eigenvalue weighted by Gasteiger charge is -2.33. The maximum absolute atomic E-state index is 11.4. The highest BCUT2D eigenvalue weighted by molar-refractivity contribution is 5.67. The molecule has 120 valence electrons. The van der Waals surface area contributed by atoms with E-state index in [9.17, 15) is 9.59 Å². The van der Waals surface area contributed by atoms with Gasteiger partial charge in [-0.05, 0) is 11.1 Å². The molecule has 0 saturated carbocycles. The molecule has 0 saturated heterocycles. The van der Waals surface area contributed by atoms with Crippen molar-refractivity contribution in [2.45, 2.75) is 19.3 Å². The third-order valence-corrected chi connectivity index (χ3v) is 3.70. The lowest BCUT2D eigenvalue weighted by Crippen LogP contribution is -2.39. The number of benzene rings is 2. The summed E-state index contributed by atoms with van der Waals surface area (Å²) >= 11 is 0. The van der Waals surface area contributed by atoms with Gasteiger partial charge in [0.2, 0.25) is 0 Å². The number of ether oxygens (including phenoxy) is 2. The van der Waals surface area contributed by atoms with Crippen molar-refractivity contribution < 1.29 is 19.1 Å². The van der Waals surface area contributed by atoms with Crippen LogP contribution in [0.1, 0.15) is 25.0 Å². The predicted molar refractivity (Wildman–Crippen MR) is 86.9 cm³/mol. The zero-order chi connectivity index (χ0) is 16.7. The van der Waals surface area contributed by atoms with Crippen LogP contribution in [0.2, 0.25) is 0 Å². The van der Waals surface area contributed by atoms with E-state index in [1.807, 2.05) is 60.7 Å². The van der Waals surface area contributed by atoms with Crippen molar-refractivity contribution in [3.8, 4) is 0 Å². The summed E-state index contributed by atoms with van der Waals surface area (Å²) in [7, 11) is 0. The van der Waals surface area contributed by atoms with E-state index in [1.54, 1.807) is 0 Å². The molecular weight excluding hydrogens is 292 g/mol. The molecular formula is C19H20O4. The zero-order valence-corrected chi connectivity index (χ0v) is 13.3. The molecule has 0 spiro atoms. The van der Waals surface area contributed by atoms with E-state index < -0.39 is 5.41 Å². The zero-order valence-electron chi connectivity index (χ0n) is 13.3. The summed E-state index contributed by atoms with van der Waals surface area (Å²) in [6.07, 6.45) is 0. The van der Waals surface area contributed by atoms with Crippen LogP contribution >= 0.6 is 0 Å². The van der Waals surface area contributed by atoms with Crippen molar-refractivity contribution in [1.82, 2.24) is 0 Å². The second-order valence-corrected chi connectivity index (χ2v) is 5.37. The molecule has 0 atom stereocenters. The smallest absolute Gasteiger partial charge is 0.302 e. The first-order valence-corrected chi connectivity index (χ1v) is 7.42. The Kier molecular flexibility index (Phi) is 5.52. The summed E-state index contributed by atoms with van der Waals surface area (Å²) in [4.78, 5) is 22.7. The summed E-state index contributed by atoms with van der Waals surface area (Å²) in [6.45, 7) is 2.94. The number of carbonyl (C=O) groups is 2. The fraction of sp³-hybridized carbons (Fsp3) is 0.263. The summed E-state index contributed by atoms with van der Waals surface area (Å²) < 4.78 is 10.6. The minimum atomic E-state index is -0.736. The van der Waals surface area contributed by atoms with E-state index in [0.29, 0.717) is 0 Å². The van der Waals surface area contributed by atoms with Crippen LogP contribution in [-0.2, 0) is 24.5 Å². The van der Waals surface area contributed by atoms with Gasteiger partial charge < -0.3 is 9.47 Å². The van der Waals surface area contributed by atoms with Crippen LogP contribution in [0.5, 0.6) is 0 Å². The second-order valence-electron chi connectivity index (χ2n) is 5.37. The summed E-state index contributed by atoms with van der Waals surface area (Å²) in [5, 5.41) is 0. The van der Waals surface area contributed by atoms with Crippen LogP contribution in [0.4, 0.5) is 0 Å². The molecule has 0 N–H and O–H groups in total. The first-order chi connectivity index (χ1) is 11.0. The molecule has 2 aromatic rings. The molecule has 0 radical (unpaired) electrons. The number of hydrogen-bond donors (Lipinski definition) is 0. The molecule has 0 aliphatic heterocycles. The van der Waals surface area contributed by atoms with E-state index in [-0.39, 0.29) is 25.2 Å². The van der Waals surface area contributed by atoms with Crippen LogP contribution in [0.15, 0.2) is 60.7 Å². The maximum atomic E-state index is 11.4. The Morgan fingerprint density at radius 3 is 1.39 bits per heavy atom. The number of carbonyl (C=O) groups excluding carboxylic acids is 2. The largest absolute Gasteiger partial charge is 0.464 e. The van der Waals surface area contributed by atoms with Gasteiger partial charge in [-0.3, -0.25) is 9.59 Å². The van der Waals surface area contributed by atoms with Gasteiger partial charge >= 0.3 is 11.9 Å². The molecule has 0 aliphatic rings. The Balaban J connectivity index is 2.52. The molecule has 0 bridgehead atoms. The van der Waals surface area contributed by atoms with Gasteiger partial charge in [0.15, 0.2) is 0 Å². The minimum Gasteiger partial charge on any atom is -0.464 e. The van der Waals surface area contributed by atoms with Crippen molar-refractivity contribution in [1.29, 1.82) is 0 Å². The lowest BCUT2D eigenvalue weighted by molar-refractivity contribution is -0.146. The van der Waals surface area contributed by atoms with Crippen molar-refractivity contribution in [2.24, 2.45) is 0 Å². The van der Waals surface area contributed by atoms with Crippen LogP contribution < -0.4 is 0 Å². The fourth-order valence-corrected chi connectivity index (χ4v) is 2.51. The van der Waals surface area contributed by atoms with Gasteiger partial charge in [0.1, 0.15) is 13.2 Å². The molecule has 0 aliphatic carbocycles. The molecule has 0 unspecified atom stereocenters. The average molecular weight is 312 g/mol. The molecule has 0 fully saturated rings. The standard InChI is InChI=1S/C19H20O4/c1-15(20)22-13-19(14-23-16(2)21,17-9-5-3-6-10-17)18-11-7-4-8-12-18/h3-12H,13-14H2,1-2H3. The molecule has 0 heterocycles. The first kappa shape index (κ1) is 16.7. The van der Waals surface area contributed by atoms with Gasteiger partial charge in [0.05, 0.1) is 5.41 Å². The van der Waals surface area contributed by atoms with Gasteiger partial charge in [0.25, 0.3) is 0 Å². The van der Waals surface area contributed by atoms with Crippen LogP contribution in [-0.4, -0.2) is 25.2 Å². The molecule has 0 amide bonds. The fourth-order valence-electron chi connectivity index (χ4n) is 2.51. The summed E-state index contributed by atoms with van der Waals surface area (Å²) in [6, 6.07) is 19.3. The van der Waals surface area contributed by atoms with E-state index >= 15 is 0 Å². The van der Waals surface area contributed by atoms with Crippen molar-refractivity contribution >= 4 is 11.9 Å². The van der Waals surface area contributed by atoms with E-state index in [0.717, 1.165) is 11.1 Å². The maximum Gasteiger partial charge on any atom is 0.302 e. The monoisotopic (exact) mass is 312 g/mol. The molecule has 4 nitrogen and oxygen atoms in total. The summed E-state index contributed by atoms with van der Waals surface area (Å²) in [5.74, 6) is -0.742. The highest BCUT2D eigenvalue weighted by Gasteiger charge is 2.37. The van der Waals surface area contributed by atoms with Crippen molar-refractivity contribution in [2.75, 3.05) is 13.2 Å². The Bertz CT molecular complexity index is 590. The first-order valence-electron chi connectivity index (χ1n) is 7.42. The van der Waals surface area contributed by atoms with Crippen LogP contribution in [0.3, 0.4) is 0 Å². The van der Waals surface area contributed by atoms with Gasteiger partial charge in [-0.2, -0.15) is 0 Å². The third kappa shape index (κ3) is 4.19.